The number of fused-ring (bicyclic) bond motifs is 3. The van der Waals surface area contributed by atoms with Crippen molar-refractivity contribution in [3.63, 3.8) is 0 Å². The lowest BCUT2D eigenvalue weighted by molar-refractivity contribution is -0.134. The summed E-state index contributed by atoms with van der Waals surface area (Å²) in [6.07, 6.45) is 8.00. The van der Waals surface area contributed by atoms with Gasteiger partial charge in [0.15, 0.2) is 0 Å². The highest BCUT2D eigenvalue weighted by Gasteiger charge is 2.28. The first-order valence-electron chi connectivity index (χ1n) is 12.8. The monoisotopic (exact) mass is 534 g/mol. The molecular weight excluding hydrogens is 500 g/mol. The summed E-state index contributed by atoms with van der Waals surface area (Å²) < 4.78 is 4.26. The van der Waals surface area contributed by atoms with Gasteiger partial charge in [-0.15, -0.1) is 12.4 Å². The molecule has 1 aliphatic carbocycles. The van der Waals surface area contributed by atoms with E-state index in [0.29, 0.717) is 6.54 Å². The lowest BCUT2D eigenvalue weighted by atomic mass is 9.89. The predicted octanol–water partition coefficient (Wildman–Crippen LogP) is 3.70. The smallest absolute Gasteiger partial charge is 0.225 e. The van der Waals surface area contributed by atoms with Gasteiger partial charge in [0.05, 0.1) is 46.7 Å². The Balaban J connectivity index is 0.000000204. The molecule has 0 saturated carbocycles. The summed E-state index contributed by atoms with van der Waals surface area (Å²) in [5.41, 5.74) is 6.61. The maximum atomic E-state index is 12.7. The van der Waals surface area contributed by atoms with E-state index in [4.69, 9.17) is 0 Å². The Morgan fingerprint density at radius 2 is 1.63 bits per heavy atom. The number of halogens is 1. The number of imidazole rings is 3. The van der Waals surface area contributed by atoms with Crippen LogP contribution in [0.4, 0.5) is 0 Å². The van der Waals surface area contributed by atoms with Crippen LogP contribution in [0.3, 0.4) is 0 Å². The highest BCUT2D eigenvalue weighted by atomic mass is 35.5. The largest absolute Gasteiger partial charge is 0.348 e. The van der Waals surface area contributed by atoms with E-state index in [9.17, 15) is 4.79 Å². The van der Waals surface area contributed by atoms with Gasteiger partial charge >= 0.3 is 0 Å². The van der Waals surface area contributed by atoms with Gasteiger partial charge < -0.3 is 24.3 Å². The molecule has 2 N–H and O–H groups in total. The van der Waals surface area contributed by atoms with Crippen LogP contribution in [-0.2, 0) is 30.7 Å². The molecule has 0 fully saturated rings. The van der Waals surface area contributed by atoms with Gasteiger partial charge in [-0.1, -0.05) is 24.3 Å². The molecule has 200 valence electrons. The average Bonchev–Trinajstić information content (AvgIpc) is 3.68. The Labute approximate surface area is 228 Å². The van der Waals surface area contributed by atoms with Gasteiger partial charge in [-0.2, -0.15) is 0 Å². The minimum absolute atomic E-state index is 0. The molecule has 3 heterocycles. The second kappa shape index (κ2) is 12.7. The van der Waals surface area contributed by atoms with E-state index in [0.717, 1.165) is 66.8 Å². The molecule has 0 aliphatic heterocycles. The SMILES string of the molecule is CN(CCn1cnc2ccccc21)C(=O)C1CCc2nc[nH]c2C1.CNCCn1cnc2ccccc21.Cl. The van der Waals surface area contributed by atoms with Crippen molar-refractivity contribution < 1.29 is 4.79 Å². The Hall–Kier alpha value is -3.69. The molecule has 1 unspecified atom stereocenters. The number of rotatable bonds is 7. The molecule has 5 aromatic rings. The zero-order valence-corrected chi connectivity index (χ0v) is 22.7. The van der Waals surface area contributed by atoms with Crippen molar-refractivity contribution in [1.29, 1.82) is 0 Å². The summed E-state index contributed by atoms with van der Waals surface area (Å²) in [4.78, 5) is 30.7. The van der Waals surface area contributed by atoms with E-state index in [2.05, 4.69) is 46.5 Å². The molecule has 0 spiro atoms. The highest BCUT2D eigenvalue weighted by Crippen LogP contribution is 2.24. The number of H-pyrrole nitrogens is 1. The van der Waals surface area contributed by atoms with E-state index in [1.807, 2.05) is 68.0 Å². The van der Waals surface area contributed by atoms with Gasteiger partial charge in [0.2, 0.25) is 5.91 Å². The summed E-state index contributed by atoms with van der Waals surface area (Å²) >= 11 is 0. The molecule has 38 heavy (non-hydrogen) atoms. The first kappa shape index (κ1) is 27.3. The molecule has 0 bridgehead atoms. The van der Waals surface area contributed by atoms with Crippen LogP contribution in [-0.4, -0.2) is 67.1 Å². The third kappa shape index (κ3) is 6.06. The van der Waals surface area contributed by atoms with Crippen molar-refractivity contribution in [3.05, 3.63) is 78.9 Å². The Morgan fingerprint density at radius 3 is 2.29 bits per heavy atom. The number of carbonyl (C=O) groups excluding carboxylic acids is 1. The van der Waals surface area contributed by atoms with Gasteiger partial charge in [0.1, 0.15) is 0 Å². The fourth-order valence-electron chi connectivity index (χ4n) is 4.90. The number of benzene rings is 2. The summed E-state index contributed by atoms with van der Waals surface area (Å²) in [5, 5.41) is 3.12. The summed E-state index contributed by atoms with van der Waals surface area (Å²) in [7, 11) is 3.85. The fraction of sp³-hybridized carbons (Fsp3) is 0.357. The van der Waals surface area contributed by atoms with E-state index in [-0.39, 0.29) is 24.2 Å². The Morgan fingerprint density at radius 1 is 1.00 bits per heavy atom. The number of hydrogen-bond donors (Lipinski definition) is 2. The molecule has 1 atom stereocenters. The summed E-state index contributed by atoms with van der Waals surface area (Å²) in [6, 6.07) is 16.2. The average molecular weight is 535 g/mol. The number of nitrogens with zero attached hydrogens (tertiary/aromatic N) is 6. The minimum Gasteiger partial charge on any atom is -0.348 e. The maximum Gasteiger partial charge on any atom is 0.225 e. The zero-order chi connectivity index (χ0) is 25.6. The van der Waals surface area contributed by atoms with Crippen molar-refractivity contribution in [2.75, 3.05) is 27.2 Å². The topological polar surface area (TPSA) is 96.7 Å². The molecule has 3 aromatic heterocycles. The third-order valence-electron chi connectivity index (χ3n) is 7.05. The molecular formula is C28H35ClN8O. The minimum atomic E-state index is 0. The highest BCUT2D eigenvalue weighted by molar-refractivity contribution is 5.85. The standard InChI is InChI=1S/C18H21N5O.C10H13N3.ClH/c1-22(8-9-23-12-21-15-4-2-3-5-17(15)23)18(24)13-6-7-14-16(10-13)20-11-19-14;1-11-6-7-13-8-12-9-4-2-3-5-10(9)13;/h2-5,11-13H,6-10H2,1H3,(H,19,20);2-5,8,11H,6-7H2,1H3;1H. The van der Waals surface area contributed by atoms with Crippen molar-refractivity contribution in [1.82, 2.24) is 39.3 Å². The number of para-hydroxylation sites is 4. The quantitative estimate of drug-likeness (QED) is 0.332. The van der Waals surface area contributed by atoms with Gasteiger partial charge in [0.25, 0.3) is 0 Å². The molecule has 10 heteroatoms. The predicted molar refractivity (Wildman–Crippen MR) is 152 cm³/mol. The maximum absolute atomic E-state index is 12.7. The number of aromatic amines is 1. The van der Waals surface area contributed by atoms with Crippen molar-refractivity contribution in [3.8, 4) is 0 Å². The van der Waals surface area contributed by atoms with E-state index in [1.165, 1.54) is 5.52 Å². The number of likely N-dealkylation sites (N-methyl/N-ethyl adjacent to an activating group) is 2. The van der Waals surface area contributed by atoms with E-state index < -0.39 is 0 Å². The van der Waals surface area contributed by atoms with E-state index in [1.54, 1.807) is 6.33 Å². The third-order valence-corrected chi connectivity index (χ3v) is 7.05. The molecule has 0 saturated heterocycles. The van der Waals surface area contributed by atoms with Crippen molar-refractivity contribution >= 4 is 40.4 Å². The summed E-state index contributed by atoms with van der Waals surface area (Å²) in [5.74, 6) is 0.280. The normalized spacial score (nSPS) is 14.4. The molecule has 1 aliphatic rings. The molecule has 6 rings (SSSR count). The van der Waals surface area contributed by atoms with Crippen LogP contribution in [0.1, 0.15) is 17.8 Å². The number of aromatic nitrogens is 6. The molecule has 9 nitrogen and oxygen atoms in total. The van der Waals surface area contributed by atoms with Crippen LogP contribution in [0.5, 0.6) is 0 Å². The number of hydrogen-bond acceptors (Lipinski definition) is 5. The number of nitrogens with one attached hydrogen (secondary N) is 2. The number of amides is 1. The lowest BCUT2D eigenvalue weighted by Gasteiger charge is -2.26. The van der Waals surface area contributed by atoms with Gasteiger partial charge in [-0.25, -0.2) is 15.0 Å². The van der Waals surface area contributed by atoms with Crippen LogP contribution in [0, 0.1) is 5.92 Å². The van der Waals surface area contributed by atoms with Gasteiger partial charge in [0, 0.05) is 51.3 Å². The Bertz CT molecular complexity index is 1470. The van der Waals surface area contributed by atoms with Crippen LogP contribution >= 0.6 is 12.4 Å². The molecule has 2 aromatic carbocycles. The summed E-state index contributed by atoms with van der Waals surface area (Å²) in [6.45, 7) is 3.38. The second-order valence-corrected chi connectivity index (χ2v) is 9.48. The first-order chi connectivity index (χ1) is 18.1. The Kier molecular flexibility index (Phi) is 9.15. The van der Waals surface area contributed by atoms with Gasteiger partial charge in [-0.05, 0) is 44.2 Å². The van der Waals surface area contributed by atoms with Crippen LogP contribution in [0.15, 0.2) is 67.5 Å². The molecule has 0 radical (unpaired) electrons. The lowest BCUT2D eigenvalue weighted by Crippen LogP contribution is -2.37. The van der Waals surface area contributed by atoms with Crippen molar-refractivity contribution in [2.45, 2.75) is 32.4 Å². The van der Waals surface area contributed by atoms with Gasteiger partial charge in [-0.3, -0.25) is 4.79 Å². The second-order valence-electron chi connectivity index (χ2n) is 9.48. The van der Waals surface area contributed by atoms with Crippen LogP contribution < -0.4 is 5.32 Å². The van der Waals surface area contributed by atoms with Crippen molar-refractivity contribution in [2.24, 2.45) is 5.92 Å². The van der Waals surface area contributed by atoms with Crippen LogP contribution in [0.2, 0.25) is 0 Å². The molecule has 1 amide bonds. The number of carbonyl (C=O) groups is 1. The number of aryl methyl sites for hydroxylation is 1. The fourth-order valence-corrected chi connectivity index (χ4v) is 4.90. The first-order valence-corrected chi connectivity index (χ1v) is 12.8. The zero-order valence-electron chi connectivity index (χ0n) is 21.9. The van der Waals surface area contributed by atoms with E-state index >= 15 is 0 Å². The van der Waals surface area contributed by atoms with Crippen LogP contribution in [0.25, 0.3) is 22.1 Å².